The van der Waals surface area contributed by atoms with Gasteiger partial charge in [0.2, 0.25) is 0 Å². The van der Waals surface area contributed by atoms with Crippen molar-refractivity contribution >= 4 is 21.8 Å². The maximum Gasteiger partial charge on any atom is 0.255 e. The molecule has 0 bridgehead atoms. The topological polar surface area (TPSA) is 47.6 Å². The average molecular weight is 330 g/mol. The van der Waals surface area contributed by atoms with Gasteiger partial charge in [-0.05, 0) is 25.5 Å². The number of hydrogen-bond donors (Lipinski definition) is 1. The Labute approximate surface area is 122 Å². The first-order valence-electron chi connectivity index (χ1n) is 6.15. The minimum absolute atomic E-state index is 0.0813. The number of para-hydroxylation sites is 1. The summed E-state index contributed by atoms with van der Waals surface area (Å²) in [6.45, 7) is 4.02. The van der Waals surface area contributed by atoms with Gasteiger partial charge in [0, 0.05) is 10.9 Å². The fraction of sp³-hybridized carbons (Fsp3) is 0.500. The van der Waals surface area contributed by atoms with Crippen LogP contribution in [0.25, 0.3) is 0 Å². The third-order valence-corrected chi connectivity index (χ3v) is 3.08. The van der Waals surface area contributed by atoms with E-state index in [4.69, 9.17) is 9.47 Å². The predicted molar refractivity (Wildman–Crippen MR) is 79.5 cm³/mol. The summed E-state index contributed by atoms with van der Waals surface area (Å²) in [6.07, 6.45) is 0.859. The molecular weight excluding hydrogens is 310 g/mol. The van der Waals surface area contributed by atoms with Gasteiger partial charge in [-0.3, -0.25) is 4.79 Å². The van der Waals surface area contributed by atoms with Gasteiger partial charge in [-0.2, -0.15) is 0 Å². The van der Waals surface area contributed by atoms with E-state index >= 15 is 0 Å². The van der Waals surface area contributed by atoms with Gasteiger partial charge in [-0.15, -0.1) is 0 Å². The number of halogens is 1. The summed E-state index contributed by atoms with van der Waals surface area (Å²) < 4.78 is 10.4. The Morgan fingerprint density at radius 2 is 2.00 bits per heavy atom. The monoisotopic (exact) mass is 329 g/mol. The molecule has 0 aliphatic carbocycles. The number of amides is 1. The third-order valence-electron chi connectivity index (χ3n) is 2.70. The summed E-state index contributed by atoms with van der Waals surface area (Å²) in [7, 11) is 3.08. The molecule has 0 saturated heterocycles. The highest BCUT2D eigenvalue weighted by Gasteiger charge is 2.18. The molecule has 0 radical (unpaired) electrons. The van der Waals surface area contributed by atoms with E-state index in [2.05, 4.69) is 28.2 Å². The van der Waals surface area contributed by atoms with Gasteiger partial charge in [-0.1, -0.05) is 28.9 Å². The predicted octanol–water partition coefficient (Wildman–Crippen LogP) is 3.00. The minimum Gasteiger partial charge on any atom is -0.493 e. The lowest BCUT2D eigenvalue weighted by molar-refractivity contribution is 0.0935. The molecule has 0 aliphatic heterocycles. The van der Waals surface area contributed by atoms with Crippen molar-refractivity contribution in [1.29, 1.82) is 0 Å². The first-order chi connectivity index (χ1) is 8.99. The molecule has 1 aromatic rings. The van der Waals surface area contributed by atoms with Crippen LogP contribution >= 0.6 is 15.9 Å². The van der Waals surface area contributed by atoms with Crippen LogP contribution in [0.15, 0.2) is 18.2 Å². The fourth-order valence-corrected chi connectivity index (χ4v) is 2.47. The van der Waals surface area contributed by atoms with E-state index in [1.165, 1.54) is 7.11 Å². The minimum atomic E-state index is -0.156. The number of carbonyl (C=O) groups excluding carboxylic acids is 1. The molecule has 106 valence electrons. The zero-order valence-electron chi connectivity index (χ0n) is 11.7. The maximum absolute atomic E-state index is 12.2. The second kappa shape index (κ2) is 7.38. The smallest absolute Gasteiger partial charge is 0.255 e. The summed E-state index contributed by atoms with van der Waals surface area (Å²) in [4.78, 5) is 12.6. The first-order valence-corrected chi connectivity index (χ1v) is 7.07. The zero-order chi connectivity index (χ0) is 14.4. The fourth-order valence-electron chi connectivity index (χ4n) is 1.91. The van der Waals surface area contributed by atoms with Crippen LogP contribution in [0.3, 0.4) is 0 Å². The van der Waals surface area contributed by atoms with Gasteiger partial charge in [0.15, 0.2) is 11.5 Å². The number of carbonyl (C=O) groups is 1. The Balaban J connectivity index is 2.87. The summed E-state index contributed by atoms with van der Waals surface area (Å²) in [5.41, 5.74) is 0.482. The van der Waals surface area contributed by atoms with Crippen LogP contribution < -0.4 is 14.8 Å². The van der Waals surface area contributed by atoms with E-state index in [1.807, 2.05) is 6.92 Å². The van der Waals surface area contributed by atoms with Gasteiger partial charge in [0.05, 0.1) is 19.8 Å². The Bertz CT molecular complexity index is 435. The zero-order valence-corrected chi connectivity index (χ0v) is 13.3. The van der Waals surface area contributed by atoms with Crippen molar-refractivity contribution in [2.45, 2.75) is 31.1 Å². The lowest BCUT2D eigenvalue weighted by Crippen LogP contribution is -2.34. The Morgan fingerprint density at radius 3 is 2.53 bits per heavy atom. The number of benzene rings is 1. The molecule has 0 saturated carbocycles. The van der Waals surface area contributed by atoms with Gasteiger partial charge in [0.1, 0.15) is 0 Å². The largest absolute Gasteiger partial charge is 0.493 e. The normalized spacial score (nSPS) is 13.5. The van der Waals surface area contributed by atoms with Crippen molar-refractivity contribution in [2.24, 2.45) is 0 Å². The number of hydrogen-bond acceptors (Lipinski definition) is 3. The lowest BCUT2D eigenvalue weighted by atomic mass is 10.1. The summed E-state index contributed by atoms with van der Waals surface area (Å²) in [6, 6.07) is 5.34. The molecule has 0 fully saturated rings. The number of alkyl halides is 1. The average Bonchev–Trinajstić information content (AvgIpc) is 2.36. The van der Waals surface area contributed by atoms with E-state index in [9.17, 15) is 4.79 Å². The summed E-state index contributed by atoms with van der Waals surface area (Å²) in [5.74, 6) is 0.856. The van der Waals surface area contributed by atoms with Crippen molar-refractivity contribution in [2.75, 3.05) is 14.2 Å². The lowest BCUT2D eigenvalue weighted by Gasteiger charge is -2.17. The molecule has 5 heteroatoms. The molecule has 1 amide bonds. The van der Waals surface area contributed by atoms with Crippen LogP contribution in [0.5, 0.6) is 11.5 Å². The number of ether oxygens (including phenoxy) is 2. The van der Waals surface area contributed by atoms with E-state index in [1.54, 1.807) is 25.3 Å². The van der Waals surface area contributed by atoms with Crippen LogP contribution in [0.4, 0.5) is 0 Å². The standard InChI is InChI=1S/C14H20BrNO3/c1-9(15)8-10(2)16-14(17)11-6-5-7-12(18-3)13(11)19-4/h5-7,9-10H,8H2,1-4H3,(H,16,17). The molecular formula is C14H20BrNO3. The van der Waals surface area contributed by atoms with E-state index in [0.29, 0.717) is 21.9 Å². The summed E-state index contributed by atoms with van der Waals surface area (Å²) in [5, 5.41) is 2.95. The van der Waals surface area contributed by atoms with Crippen LogP contribution in [0.2, 0.25) is 0 Å². The van der Waals surface area contributed by atoms with E-state index < -0.39 is 0 Å². The Hall–Kier alpha value is -1.23. The number of rotatable bonds is 6. The van der Waals surface area contributed by atoms with Crippen molar-refractivity contribution in [3.63, 3.8) is 0 Å². The van der Waals surface area contributed by atoms with E-state index in [0.717, 1.165) is 6.42 Å². The van der Waals surface area contributed by atoms with Crippen molar-refractivity contribution in [1.82, 2.24) is 5.32 Å². The first kappa shape index (κ1) is 15.8. The highest BCUT2D eigenvalue weighted by Crippen LogP contribution is 2.30. The quantitative estimate of drug-likeness (QED) is 0.816. The molecule has 1 rings (SSSR count). The number of methoxy groups -OCH3 is 2. The Kier molecular flexibility index (Phi) is 6.15. The SMILES string of the molecule is COc1cccc(C(=O)NC(C)CC(C)Br)c1OC. The van der Waals surface area contributed by atoms with Crippen molar-refractivity contribution in [3.05, 3.63) is 23.8 Å². The molecule has 0 heterocycles. The van der Waals surface area contributed by atoms with Gasteiger partial charge >= 0.3 is 0 Å². The molecule has 1 N–H and O–H groups in total. The second-order valence-corrected chi connectivity index (χ2v) is 6.00. The van der Waals surface area contributed by atoms with Gasteiger partial charge < -0.3 is 14.8 Å². The third kappa shape index (κ3) is 4.42. The van der Waals surface area contributed by atoms with Crippen LogP contribution in [-0.4, -0.2) is 31.0 Å². The van der Waals surface area contributed by atoms with Crippen LogP contribution in [-0.2, 0) is 0 Å². The highest BCUT2D eigenvalue weighted by atomic mass is 79.9. The molecule has 0 spiro atoms. The maximum atomic E-state index is 12.2. The molecule has 0 aliphatic rings. The van der Waals surface area contributed by atoms with Crippen LogP contribution in [0, 0.1) is 0 Å². The second-order valence-electron chi connectivity index (χ2n) is 4.43. The Morgan fingerprint density at radius 1 is 1.32 bits per heavy atom. The highest BCUT2D eigenvalue weighted by molar-refractivity contribution is 9.09. The van der Waals surface area contributed by atoms with Crippen molar-refractivity contribution in [3.8, 4) is 11.5 Å². The molecule has 2 atom stereocenters. The van der Waals surface area contributed by atoms with Crippen molar-refractivity contribution < 1.29 is 14.3 Å². The van der Waals surface area contributed by atoms with Gasteiger partial charge in [-0.25, -0.2) is 0 Å². The van der Waals surface area contributed by atoms with Crippen LogP contribution in [0.1, 0.15) is 30.6 Å². The number of nitrogens with one attached hydrogen (secondary N) is 1. The van der Waals surface area contributed by atoms with E-state index in [-0.39, 0.29) is 11.9 Å². The molecule has 2 unspecified atom stereocenters. The van der Waals surface area contributed by atoms with Gasteiger partial charge in [0.25, 0.3) is 5.91 Å². The summed E-state index contributed by atoms with van der Waals surface area (Å²) >= 11 is 3.48. The molecule has 19 heavy (non-hydrogen) atoms. The molecule has 0 aromatic heterocycles. The molecule has 1 aromatic carbocycles. The molecule has 4 nitrogen and oxygen atoms in total.